The number of aliphatic hydroxyl groups excluding tert-OH is 1. The molecule has 23 heavy (non-hydrogen) atoms. The highest BCUT2D eigenvalue weighted by Crippen LogP contribution is 2.31. The number of nitrogens with two attached hydrogens (primary N) is 1. The lowest BCUT2D eigenvalue weighted by Gasteiger charge is -2.17. The minimum Gasteiger partial charge on any atom is -0.391 e. The molecule has 2 aliphatic rings. The Morgan fingerprint density at radius 2 is 2.26 bits per heavy atom. The normalized spacial score (nSPS) is 24.0. The number of hydrogen-bond donors (Lipinski definition) is 2. The first kappa shape index (κ1) is 16.7. The maximum absolute atomic E-state index is 10.3. The second-order valence-corrected chi connectivity index (χ2v) is 7.77. The van der Waals surface area contributed by atoms with Gasteiger partial charge in [-0.2, -0.15) is 11.8 Å². The van der Waals surface area contributed by atoms with Crippen molar-refractivity contribution in [1.82, 2.24) is 14.9 Å². The molecule has 1 aromatic heterocycles. The molecule has 1 aliphatic heterocycles. The molecule has 126 valence electrons. The molecule has 3 rings (SSSR count). The van der Waals surface area contributed by atoms with E-state index in [1.165, 1.54) is 23.5 Å². The van der Waals surface area contributed by atoms with E-state index < -0.39 is 0 Å². The number of fused-ring (bicyclic) bond motifs is 1. The zero-order chi connectivity index (χ0) is 16.2. The lowest BCUT2D eigenvalue weighted by Crippen LogP contribution is -2.24. The largest absolute Gasteiger partial charge is 0.391 e. The summed E-state index contributed by atoms with van der Waals surface area (Å²) in [5.41, 5.74) is 9.20. The summed E-state index contributed by atoms with van der Waals surface area (Å²) < 4.78 is 0. The number of hydrogen-bond acceptors (Lipinski definition) is 6. The van der Waals surface area contributed by atoms with E-state index in [4.69, 9.17) is 5.73 Å². The van der Waals surface area contributed by atoms with E-state index in [-0.39, 0.29) is 6.10 Å². The predicted molar refractivity (Wildman–Crippen MR) is 96.3 cm³/mol. The third-order valence-corrected chi connectivity index (χ3v) is 5.76. The van der Waals surface area contributed by atoms with Gasteiger partial charge in [-0.25, -0.2) is 9.97 Å². The van der Waals surface area contributed by atoms with E-state index in [0.29, 0.717) is 11.7 Å². The summed E-state index contributed by atoms with van der Waals surface area (Å²) in [7, 11) is 0. The molecule has 5 nitrogen and oxygen atoms in total. The van der Waals surface area contributed by atoms with E-state index in [1.807, 2.05) is 11.8 Å². The molecule has 0 spiro atoms. The molecule has 1 saturated heterocycles. The van der Waals surface area contributed by atoms with Crippen LogP contribution in [0.4, 0.5) is 5.82 Å². The summed E-state index contributed by atoms with van der Waals surface area (Å²) in [6.07, 6.45) is 6.69. The van der Waals surface area contributed by atoms with Gasteiger partial charge in [-0.05, 0) is 42.3 Å². The molecule has 1 aliphatic carbocycles. The standard InChI is InChI=1S/C17H26N4OS/c1-2-23-7-3-4-12-8-21(10-15(12)22)9-13-5-6-14-16(13)19-11-20-17(14)18/h5,11-12,15,22H,2-4,6-10H2,1H3,(H2,18,19,20)/t12-,15-/m0/s1. The fourth-order valence-corrected chi connectivity index (χ4v) is 4.21. The van der Waals surface area contributed by atoms with Crippen molar-refractivity contribution in [2.75, 3.05) is 36.9 Å². The molecular formula is C17H26N4OS. The zero-order valence-electron chi connectivity index (χ0n) is 13.7. The van der Waals surface area contributed by atoms with Gasteiger partial charge >= 0.3 is 0 Å². The lowest BCUT2D eigenvalue weighted by molar-refractivity contribution is 0.138. The summed E-state index contributed by atoms with van der Waals surface area (Å²) in [5, 5.41) is 10.3. The SMILES string of the molecule is CCSCCC[C@H]1CN(CC2=CCc3c(N)ncnc32)C[C@@H]1O. The fraction of sp³-hybridized carbons (Fsp3) is 0.647. The summed E-state index contributed by atoms with van der Waals surface area (Å²) in [4.78, 5) is 10.8. The highest BCUT2D eigenvalue weighted by molar-refractivity contribution is 7.99. The molecule has 6 heteroatoms. The number of aromatic nitrogens is 2. The number of nitrogen functional groups attached to an aromatic ring is 1. The molecule has 0 unspecified atom stereocenters. The molecule has 2 atom stereocenters. The van der Waals surface area contributed by atoms with Crippen molar-refractivity contribution in [1.29, 1.82) is 0 Å². The van der Waals surface area contributed by atoms with Gasteiger partial charge in [0.1, 0.15) is 12.1 Å². The van der Waals surface area contributed by atoms with Crippen molar-refractivity contribution >= 4 is 23.2 Å². The van der Waals surface area contributed by atoms with Gasteiger partial charge in [-0.1, -0.05) is 13.0 Å². The highest BCUT2D eigenvalue weighted by atomic mass is 32.2. The van der Waals surface area contributed by atoms with Gasteiger partial charge in [-0.3, -0.25) is 4.90 Å². The van der Waals surface area contributed by atoms with Gasteiger partial charge < -0.3 is 10.8 Å². The van der Waals surface area contributed by atoms with Gasteiger partial charge in [-0.15, -0.1) is 0 Å². The van der Waals surface area contributed by atoms with E-state index in [0.717, 1.165) is 43.7 Å². The highest BCUT2D eigenvalue weighted by Gasteiger charge is 2.32. The number of anilines is 1. The summed E-state index contributed by atoms with van der Waals surface area (Å²) >= 11 is 1.98. The van der Waals surface area contributed by atoms with E-state index in [1.54, 1.807) is 6.33 Å². The monoisotopic (exact) mass is 334 g/mol. The van der Waals surface area contributed by atoms with Gasteiger partial charge in [0.2, 0.25) is 0 Å². The Kier molecular flexibility index (Phi) is 5.56. The molecule has 0 aromatic carbocycles. The number of aliphatic hydroxyl groups is 1. The van der Waals surface area contributed by atoms with Crippen LogP contribution < -0.4 is 5.73 Å². The molecule has 0 amide bonds. The third-order valence-electron chi connectivity index (χ3n) is 4.78. The summed E-state index contributed by atoms with van der Waals surface area (Å²) in [5.74, 6) is 3.38. The van der Waals surface area contributed by atoms with Crippen LogP contribution in [0.2, 0.25) is 0 Å². The van der Waals surface area contributed by atoms with Crippen molar-refractivity contribution < 1.29 is 5.11 Å². The number of likely N-dealkylation sites (tertiary alicyclic amines) is 1. The van der Waals surface area contributed by atoms with Crippen molar-refractivity contribution in [3.63, 3.8) is 0 Å². The van der Waals surface area contributed by atoms with Crippen LogP contribution in [0.15, 0.2) is 12.4 Å². The average molecular weight is 334 g/mol. The maximum atomic E-state index is 10.3. The van der Waals surface area contributed by atoms with Crippen LogP contribution in [-0.4, -0.2) is 57.2 Å². The molecule has 0 bridgehead atoms. The second kappa shape index (κ2) is 7.64. The Morgan fingerprint density at radius 1 is 1.39 bits per heavy atom. The zero-order valence-corrected chi connectivity index (χ0v) is 14.6. The number of thioether (sulfide) groups is 1. The Labute approximate surface area is 142 Å². The van der Waals surface area contributed by atoms with Crippen LogP contribution in [0, 0.1) is 5.92 Å². The Morgan fingerprint density at radius 3 is 3.09 bits per heavy atom. The Hall–Kier alpha value is -1.11. The molecular weight excluding hydrogens is 308 g/mol. The average Bonchev–Trinajstić information content (AvgIpc) is 3.09. The molecule has 1 fully saturated rings. The van der Waals surface area contributed by atoms with Crippen LogP contribution in [0.5, 0.6) is 0 Å². The van der Waals surface area contributed by atoms with Crippen molar-refractivity contribution in [2.24, 2.45) is 5.92 Å². The van der Waals surface area contributed by atoms with E-state index >= 15 is 0 Å². The molecule has 2 heterocycles. The van der Waals surface area contributed by atoms with Crippen molar-refractivity contribution in [3.05, 3.63) is 23.7 Å². The number of rotatable bonds is 7. The number of nitrogens with zero attached hydrogens (tertiary/aromatic N) is 3. The van der Waals surface area contributed by atoms with E-state index in [9.17, 15) is 5.11 Å². The van der Waals surface area contributed by atoms with Crippen LogP contribution in [0.1, 0.15) is 31.0 Å². The summed E-state index contributed by atoms with van der Waals surface area (Å²) in [6, 6.07) is 0. The van der Waals surface area contributed by atoms with Crippen LogP contribution in [0.25, 0.3) is 5.57 Å². The van der Waals surface area contributed by atoms with Gasteiger partial charge in [0, 0.05) is 25.2 Å². The minimum atomic E-state index is -0.196. The number of β-amino-alcohol motifs (C(OH)–C–C–N with tert-alkyl or cyclic N) is 1. The molecule has 0 radical (unpaired) electrons. The van der Waals surface area contributed by atoms with Crippen molar-refractivity contribution in [3.8, 4) is 0 Å². The summed E-state index contributed by atoms with van der Waals surface area (Å²) in [6.45, 7) is 4.78. The third kappa shape index (κ3) is 3.87. The van der Waals surface area contributed by atoms with Crippen LogP contribution in [-0.2, 0) is 6.42 Å². The van der Waals surface area contributed by atoms with Crippen LogP contribution >= 0.6 is 11.8 Å². The Bertz CT molecular complexity index is 578. The van der Waals surface area contributed by atoms with Gasteiger partial charge in [0.25, 0.3) is 0 Å². The fourth-order valence-electron chi connectivity index (χ4n) is 3.55. The first-order valence-electron chi connectivity index (χ1n) is 8.46. The predicted octanol–water partition coefficient (Wildman–Crippen LogP) is 1.82. The molecule has 3 N–H and O–H groups in total. The second-order valence-electron chi connectivity index (χ2n) is 6.38. The molecule has 1 aromatic rings. The lowest BCUT2D eigenvalue weighted by atomic mass is 10.0. The minimum absolute atomic E-state index is 0.196. The molecule has 0 saturated carbocycles. The Balaban J connectivity index is 1.54. The maximum Gasteiger partial charge on any atom is 0.130 e. The smallest absolute Gasteiger partial charge is 0.130 e. The topological polar surface area (TPSA) is 75.3 Å². The number of allylic oxidation sites excluding steroid dienone is 1. The van der Waals surface area contributed by atoms with E-state index in [2.05, 4.69) is 27.9 Å². The van der Waals surface area contributed by atoms with Crippen LogP contribution in [0.3, 0.4) is 0 Å². The first-order chi connectivity index (χ1) is 11.2. The van der Waals surface area contributed by atoms with Crippen molar-refractivity contribution in [2.45, 2.75) is 32.3 Å². The first-order valence-corrected chi connectivity index (χ1v) is 9.61. The van der Waals surface area contributed by atoms with Gasteiger partial charge in [0.05, 0.1) is 11.8 Å². The van der Waals surface area contributed by atoms with Gasteiger partial charge in [0.15, 0.2) is 0 Å². The quantitative estimate of drug-likeness (QED) is 0.741.